The van der Waals surface area contributed by atoms with Crippen LogP contribution in [0.25, 0.3) is 11.2 Å². The minimum absolute atomic E-state index is 0.363. The molecule has 0 spiro atoms. The van der Waals surface area contributed by atoms with Crippen molar-refractivity contribution in [1.29, 1.82) is 0 Å². The second-order valence-corrected chi connectivity index (χ2v) is 7.78. The number of benzene rings is 2. The Hall–Kier alpha value is -3.13. The second kappa shape index (κ2) is 7.71. The van der Waals surface area contributed by atoms with E-state index in [9.17, 15) is 9.59 Å². The Bertz CT molecular complexity index is 1300. The molecule has 0 fully saturated rings. The first-order valence-corrected chi connectivity index (χ1v) is 9.93. The predicted octanol–water partition coefficient (Wildman–Crippen LogP) is 2.86. The van der Waals surface area contributed by atoms with E-state index in [1.54, 1.807) is 7.05 Å². The zero-order valence-electron chi connectivity index (χ0n) is 16.1. The molecule has 0 bridgehead atoms. The first-order chi connectivity index (χ1) is 14.0. The largest absolute Gasteiger partial charge is 0.351 e. The van der Waals surface area contributed by atoms with Crippen molar-refractivity contribution in [2.45, 2.75) is 13.1 Å². The molecule has 0 amide bonds. The van der Waals surface area contributed by atoms with E-state index >= 15 is 0 Å². The predicted molar refractivity (Wildman–Crippen MR) is 117 cm³/mol. The second-order valence-electron chi connectivity index (χ2n) is 6.87. The molecule has 8 heteroatoms. The SMILES string of the molecule is Cn1c(=O)c2c(nc(NCc3ccccc3)n2Cc2cccc(Br)c2)n(C)c1=O. The molecule has 4 rings (SSSR count). The number of nitrogens with zero attached hydrogens (tertiary/aromatic N) is 4. The van der Waals surface area contributed by atoms with Gasteiger partial charge in [0.2, 0.25) is 5.95 Å². The minimum atomic E-state index is -0.399. The van der Waals surface area contributed by atoms with Crippen LogP contribution < -0.4 is 16.6 Å². The number of aryl methyl sites for hydroxylation is 1. The Morgan fingerprint density at radius 1 is 0.966 bits per heavy atom. The quantitative estimate of drug-likeness (QED) is 0.504. The zero-order chi connectivity index (χ0) is 20.5. The first-order valence-electron chi connectivity index (χ1n) is 9.14. The fraction of sp³-hybridized carbons (Fsp3) is 0.190. The standard InChI is InChI=1S/C21H20BrN5O2/c1-25-18-17(19(28)26(2)21(25)29)27(13-15-9-6-10-16(22)11-15)20(24-18)23-12-14-7-4-3-5-8-14/h3-11H,12-13H2,1-2H3,(H,23,24). The van der Waals surface area contributed by atoms with Crippen molar-refractivity contribution < 1.29 is 0 Å². The first kappa shape index (κ1) is 19.2. The number of hydrogen-bond acceptors (Lipinski definition) is 4. The lowest BCUT2D eigenvalue weighted by molar-refractivity contribution is 0.702. The van der Waals surface area contributed by atoms with Crippen molar-refractivity contribution in [3.8, 4) is 0 Å². The summed E-state index contributed by atoms with van der Waals surface area (Å²) in [6.45, 7) is 0.997. The summed E-state index contributed by atoms with van der Waals surface area (Å²) in [5.41, 5.74) is 2.10. The van der Waals surface area contributed by atoms with Gasteiger partial charge in [-0.1, -0.05) is 58.4 Å². The van der Waals surface area contributed by atoms with Crippen LogP contribution in [-0.2, 0) is 27.2 Å². The van der Waals surface area contributed by atoms with E-state index in [1.807, 2.05) is 59.2 Å². The van der Waals surface area contributed by atoms with Crippen LogP contribution in [0.1, 0.15) is 11.1 Å². The average Bonchev–Trinajstić information content (AvgIpc) is 3.08. The number of nitrogens with one attached hydrogen (secondary N) is 1. The van der Waals surface area contributed by atoms with Crippen molar-refractivity contribution in [2.24, 2.45) is 14.1 Å². The van der Waals surface area contributed by atoms with Crippen molar-refractivity contribution in [3.05, 3.63) is 91.0 Å². The fourth-order valence-electron chi connectivity index (χ4n) is 3.33. The molecule has 0 saturated heterocycles. The van der Waals surface area contributed by atoms with Gasteiger partial charge in [0.25, 0.3) is 5.56 Å². The van der Waals surface area contributed by atoms with Crippen LogP contribution in [0.3, 0.4) is 0 Å². The van der Waals surface area contributed by atoms with Gasteiger partial charge < -0.3 is 5.32 Å². The summed E-state index contributed by atoms with van der Waals surface area (Å²) >= 11 is 3.49. The number of aromatic nitrogens is 4. The van der Waals surface area contributed by atoms with Gasteiger partial charge in [0, 0.05) is 25.1 Å². The smallest absolute Gasteiger partial charge is 0.332 e. The number of fused-ring (bicyclic) bond motifs is 1. The summed E-state index contributed by atoms with van der Waals surface area (Å²) in [6, 6.07) is 17.8. The Balaban J connectivity index is 1.86. The van der Waals surface area contributed by atoms with Gasteiger partial charge in [-0.2, -0.15) is 4.98 Å². The number of imidazole rings is 1. The summed E-state index contributed by atoms with van der Waals surface area (Å²) < 4.78 is 5.31. The lowest BCUT2D eigenvalue weighted by Crippen LogP contribution is -2.37. The highest BCUT2D eigenvalue weighted by Gasteiger charge is 2.19. The lowest BCUT2D eigenvalue weighted by Gasteiger charge is -2.11. The van der Waals surface area contributed by atoms with Gasteiger partial charge in [-0.05, 0) is 23.3 Å². The molecule has 7 nitrogen and oxygen atoms in total. The number of halogens is 1. The third-order valence-corrected chi connectivity index (χ3v) is 5.36. The molecule has 1 N–H and O–H groups in total. The normalized spacial score (nSPS) is 11.1. The lowest BCUT2D eigenvalue weighted by atomic mass is 10.2. The average molecular weight is 454 g/mol. The van der Waals surface area contributed by atoms with Gasteiger partial charge in [-0.15, -0.1) is 0 Å². The Morgan fingerprint density at radius 3 is 2.41 bits per heavy atom. The molecule has 2 aromatic carbocycles. The van der Waals surface area contributed by atoms with Gasteiger partial charge in [0.15, 0.2) is 11.2 Å². The van der Waals surface area contributed by atoms with Gasteiger partial charge >= 0.3 is 5.69 Å². The third-order valence-electron chi connectivity index (χ3n) is 4.87. The summed E-state index contributed by atoms with van der Waals surface area (Å²) in [7, 11) is 3.11. The van der Waals surface area contributed by atoms with E-state index in [4.69, 9.17) is 0 Å². The van der Waals surface area contributed by atoms with Gasteiger partial charge in [-0.25, -0.2) is 4.79 Å². The van der Waals surface area contributed by atoms with Gasteiger partial charge in [-0.3, -0.25) is 18.5 Å². The van der Waals surface area contributed by atoms with Crippen LogP contribution in [0.15, 0.2) is 68.7 Å². The van der Waals surface area contributed by atoms with Crippen LogP contribution in [0.4, 0.5) is 5.95 Å². The van der Waals surface area contributed by atoms with Crippen molar-refractivity contribution in [2.75, 3.05) is 5.32 Å². The van der Waals surface area contributed by atoms with Crippen LogP contribution in [-0.4, -0.2) is 18.7 Å². The molecular formula is C21H20BrN5O2. The molecule has 0 aliphatic rings. The Labute approximate surface area is 175 Å². The highest BCUT2D eigenvalue weighted by atomic mass is 79.9. The number of rotatable bonds is 5. The van der Waals surface area contributed by atoms with Crippen LogP contribution in [0.5, 0.6) is 0 Å². The van der Waals surface area contributed by atoms with Crippen molar-refractivity contribution in [1.82, 2.24) is 18.7 Å². The molecule has 29 heavy (non-hydrogen) atoms. The number of anilines is 1. The molecule has 4 aromatic rings. The fourth-order valence-corrected chi connectivity index (χ4v) is 3.78. The number of hydrogen-bond donors (Lipinski definition) is 1. The maximum Gasteiger partial charge on any atom is 0.332 e. The highest BCUT2D eigenvalue weighted by molar-refractivity contribution is 9.10. The molecule has 0 radical (unpaired) electrons. The monoisotopic (exact) mass is 453 g/mol. The maximum absolute atomic E-state index is 12.9. The van der Waals surface area contributed by atoms with Crippen LogP contribution in [0.2, 0.25) is 0 Å². The topological polar surface area (TPSA) is 73.8 Å². The van der Waals surface area contributed by atoms with E-state index in [-0.39, 0.29) is 5.56 Å². The summed E-state index contributed by atoms with van der Waals surface area (Å²) in [5.74, 6) is 0.544. The van der Waals surface area contributed by atoms with Crippen molar-refractivity contribution >= 4 is 33.0 Å². The summed E-state index contributed by atoms with van der Waals surface area (Å²) in [4.78, 5) is 29.9. The summed E-state index contributed by atoms with van der Waals surface area (Å²) in [6.07, 6.45) is 0. The maximum atomic E-state index is 12.9. The molecule has 0 unspecified atom stereocenters. The molecule has 2 aromatic heterocycles. The molecule has 0 saturated carbocycles. The molecule has 0 aliphatic heterocycles. The van der Waals surface area contributed by atoms with Crippen LogP contribution >= 0.6 is 15.9 Å². The van der Waals surface area contributed by atoms with E-state index in [0.717, 1.165) is 20.2 Å². The van der Waals surface area contributed by atoms with E-state index in [2.05, 4.69) is 26.2 Å². The summed E-state index contributed by atoms with van der Waals surface area (Å²) in [5, 5.41) is 3.32. The molecule has 148 valence electrons. The molecular weight excluding hydrogens is 434 g/mol. The zero-order valence-corrected chi connectivity index (χ0v) is 17.7. The van der Waals surface area contributed by atoms with E-state index in [0.29, 0.717) is 30.2 Å². The van der Waals surface area contributed by atoms with Crippen LogP contribution in [0, 0.1) is 0 Å². The van der Waals surface area contributed by atoms with Gasteiger partial charge in [0.05, 0.1) is 6.54 Å². The van der Waals surface area contributed by atoms with E-state index < -0.39 is 5.69 Å². The third kappa shape index (κ3) is 3.63. The Kier molecular flexibility index (Phi) is 5.10. The highest BCUT2D eigenvalue weighted by Crippen LogP contribution is 2.20. The Morgan fingerprint density at radius 2 is 1.69 bits per heavy atom. The minimum Gasteiger partial charge on any atom is -0.351 e. The molecule has 0 aliphatic carbocycles. The van der Waals surface area contributed by atoms with Crippen molar-refractivity contribution in [3.63, 3.8) is 0 Å². The van der Waals surface area contributed by atoms with E-state index in [1.165, 1.54) is 11.6 Å². The van der Waals surface area contributed by atoms with Gasteiger partial charge in [0.1, 0.15) is 0 Å². The molecule has 2 heterocycles. The molecule has 0 atom stereocenters.